The van der Waals surface area contributed by atoms with Gasteiger partial charge in [-0.2, -0.15) is 0 Å². The van der Waals surface area contributed by atoms with Crippen LogP contribution in [0.4, 0.5) is 0 Å². The zero-order valence-corrected chi connectivity index (χ0v) is 11.9. The van der Waals surface area contributed by atoms with Crippen molar-refractivity contribution in [2.24, 2.45) is 0 Å². The molecule has 106 valence electrons. The molecular formula is C14H14ClNO4. The van der Waals surface area contributed by atoms with Crippen LogP contribution in [0.2, 0.25) is 0 Å². The average Bonchev–Trinajstić information content (AvgIpc) is 2.49. The van der Waals surface area contributed by atoms with Gasteiger partial charge in [0.1, 0.15) is 10.7 Å². The summed E-state index contributed by atoms with van der Waals surface area (Å²) >= 11 is 5.99. The fourth-order valence-electron chi connectivity index (χ4n) is 1.95. The number of ketones is 2. The first-order valence-corrected chi connectivity index (χ1v) is 6.35. The largest absolute Gasteiger partial charge is 0.375 e. The third-order valence-electron chi connectivity index (χ3n) is 3.03. The van der Waals surface area contributed by atoms with E-state index in [1.165, 1.54) is 14.2 Å². The number of rotatable bonds is 5. The molecule has 0 saturated heterocycles. The van der Waals surface area contributed by atoms with Crippen molar-refractivity contribution in [3.63, 3.8) is 0 Å². The van der Waals surface area contributed by atoms with E-state index in [-0.39, 0.29) is 28.8 Å². The first kappa shape index (κ1) is 14.7. The quantitative estimate of drug-likeness (QED) is 0.838. The van der Waals surface area contributed by atoms with Crippen LogP contribution in [0.5, 0.6) is 0 Å². The lowest BCUT2D eigenvalue weighted by molar-refractivity contribution is -0.0975. The molecule has 1 aliphatic carbocycles. The van der Waals surface area contributed by atoms with E-state index in [0.717, 1.165) is 0 Å². The Labute approximate surface area is 121 Å². The summed E-state index contributed by atoms with van der Waals surface area (Å²) in [5.41, 5.74) is 0.744. The topological polar surface area (TPSA) is 64.6 Å². The predicted molar refractivity (Wildman–Crippen MR) is 73.8 cm³/mol. The monoisotopic (exact) mass is 295 g/mol. The van der Waals surface area contributed by atoms with Crippen molar-refractivity contribution < 1.29 is 19.1 Å². The van der Waals surface area contributed by atoms with Crippen molar-refractivity contribution in [1.29, 1.82) is 0 Å². The lowest BCUT2D eigenvalue weighted by atomic mass is 9.92. The molecule has 0 unspecified atom stereocenters. The molecule has 0 heterocycles. The molecule has 5 nitrogen and oxygen atoms in total. The molecule has 0 aliphatic heterocycles. The molecule has 0 saturated carbocycles. The first-order chi connectivity index (χ1) is 9.60. The van der Waals surface area contributed by atoms with Gasteiger partial charge in [0.05, 0.1) is 6.54 Å². The maximum Gasteiger partial charge on any atom is 0.211 e. The van der Waals surface area contributed by atoms with E-state index >= 15 is 0 Å². The maximum absolute atomic E-state index is 12.3. The number of hydrogen-bond acceptors (Lipinski definition) is 5. The minimum absolute atomic E-state index is 0.0782. The molecule has 0 atom stereocenters. The molecule has 2 rings (SSSR count). The van der Waals surface area contributed by atoms with Gasteiger partial charge in [0.15, 0.2) is 6.29 Å². The molecule has 1 aliphatic rings. The molecular weight excluding hydrogens is 282 g/mol. The molecule has 1 aromatic carbocycles. The highest BCUT2D eigenvalue weighted by Crippen LogP contribution is 2.27. The van der Waals surface area contributed by atoms with Crippen molar-refractivity contribution in [2.75, 3.05) is 20.8 Å². The van der Waals surface area contributed by atoms with Crippen LogP contribution < -0.4 is 5.32 Å². The van der Waals surface area contributed by atoms with E-state index in [4.69, 9.17) is 21.1 Å². The average molecular weight is 296 g/mol. The van der Waals surface area contributed by atoms with Crippen molar-refractivity contribution in [3.8, 4) is 0 Å². The predicted octanol–water partition coefficient (Wildman–Crippen LogP) is 1.72. The Hall–Kier alpha value is -1.69. The number of halogens is 1. The van der Waals surface area contributed by atoms with Crippen LogP contribution in [0.25, 0.3) is 0 Å². The fourth-order valence-corrected chi connectivity index (χ4v) is 2.21. The van der Waals surface area contributed by atoms with E-state index in [2.05, 4.69) is 5.32 Å². The summed E-state index contributed by atoms with van der Waals surface area (Å²) in [5.74, 6) is -0.674. The van der Waals surface area contributed by atoms with Gasteiger partial charge in [0.25, 0.3) is 0 Å². The number of methoxy groups -OCH3 is 2. The van der Waals surface area contributed by atoms with Crippen molar-refractivity contribution in [1.82, 2.24) is 5.32 Å². The van der Waals surface area contributed by atoms with Crippen LogP contribution in [0.15, 0.2) is 35.0 Å². The Bertz CT molecular complexity index is 578. The van der Waals surface area contributed by atoms with Crippen LogP contribution >= 0.6 is 11.6 Å². The number of benzene rings is 1. The molecule has 0 aromatic heterocycles. The normalized spacial score (nSPS) is 14.8. The molecule has 20 heavy (non-hydrogen) atoms. The standard InChI is InChI=1S/C14H14ClNO4/c1-19-10(20-2)7-16-12-11(15)13(17)8-5-3-4-6-9(8)14(12)18/h3-6,10,16H,7H2,1-2H3. The van der Waals surface area contributed by atoms with Gasteiger partial charge in [-0.1, -0.05) is 35.9 Å². The Morgan fingerprint density at radius 1 is 1.10 bits per heavy atom. The number of carbonyl (C=O) groups excluding carboxylic acids is 2. The molecule has 6 heteroatoms. The highest BCUT2D eigenvalue weighted by atomic mass is 35.5. The van der Waals surface area contributed by atoms with Crippen molar-refractivity contribution in [3.05, 3.63) is 46.1 Å². The van der Waals surface area contributed by atoms with Crippen LogP contribution in [0.3, 0.4) is 0 Å². The molecule has 0 fully saturated rings. The Balaban J connectivity index is 2.28. The van der Waals surface area contributed by atoms with E-state index < -0.39 is 6.29 Å². The van der Waals surface area contributed by atoms with Gasteiger partial charge in [0, 0.05) is 25.3 Å². The Morgan fingerprint density at radius 3 is 2.20 bits per heavy atom. The van der Waals surface area contributed by atoms with Gasteiger partial charge in [-0.15, -0.1) is 0 Å². The number of hydrogen-bond donors (Lipinski definition) is 1. The number of fused-ring (bicyclic) bond motifs is 1. The first-order valence-electron chi connectivity index (χ1n) is 5.97. The summed E-state index contributed by atoms with van der Waals surface area (Å²) < 4.78 is 10.0. The van der Waals surface area contributed by atoms with Gasteiger partial charge < -0.3 is 14.8 Å². The van der Waals surface area contributed by atoms with E-state index in [9.17, 15) is 9.59 Å². The summed E-state index contributed by atoms with van der Waals surface area (Å²) in [5, 5.41) is 2.71. The summed E-state index contributed by atoms with van der Waals surface area (Å²) in [6, 6.07) is 6.58. The smallest absolute Gasteiger partial charge is 0.211 e. The highest BCUT2D eigenvalue weighted by molar-refractivity contribution is 6.49. The zero-order chi connectivity index (χ0) is 14.7. The third-order valence-corrected chi connectivity index (χ3v) is 3.39. The molecule has 0 amide bonds. The number of allylic oxidation sites excluding steroid dienone is 2. The number of Topliss-reactive ketones (excluding diaryl/α,β-unsaturated/α-hetero) is 2. The van der Waals surface area contributed by atoms with Gasteiger partial charge in [0.2, 0.25) is 11.6 Å². The Morgan fingerprint density at radius 2 is 1.65 bits per heavy atom. The van der Waals surface area contributed by atoms with Crippen molar-refractivity contribution in [2.45, 2.75) is 6.29 Å². The number of carbonyl (C=O) groups is 2. The van der Waals surface area contributed by atoms with Crippen LogP contribution in [0, 0.1) is 0 Å². The molecule has 0 spiro atoms. The minimum Gasteiger partial charge on any atom is -0.375 e. The lowest BCUT2D eigenvalue weighted by Gasteiger charge is -2.21. The molecule has 1 N–H and O–H groups in total. The molecule has 0 radical (unpaired) electrons. The van der Waals surface area contributed by atoms with Gasteiger partial charge in [-0.05, 0) is 0 Å². The van der Waals surface area contributed by atoms with Crippen LogP contribution in [-0.2, 0) is 9.47 Å². The summed E-state index contributed by atoms with van der Waals surface area (Å²) in [7, 11) is 2.96. The van der Waals surface area contributed by atoms with E-state index in [1.54, 1.807) is 24.3 Å². The van der Waals surface area contributed by atoms with Crippen LogP contribution in [0.1, 0.15) is 20.7 Å². The molecule has 0 bridgehead atoms. The summed E-state index contributed by atoms with van der Waals surface area (Å²) in [6.07, 6.45) is -0.535. The number of nitrogens with one attached hydrogen (secondary N) is 1. The van der Waals surface area contributed by atoms with Gasteiger partial charge in [-0.3, -0.25) is 9.59 Å². The fraction of sp³-hybridized carbons (Fsp3) is 0.286. The molecule has 1 aromatic rings. The second-order valence-corrected chi connectivity index (χ2v) is 4.55. The summed E-state index contributed by atoms with van der Waals surface area (Å²) in [6.45, 7) is 0.208. The maximum atomic E-state index is 12.3. The second-order valence-electron chi connectivity index (χ2n) is 4.17. The SMILES string of the molecule is COC(CNC1=C(Cl)C(=O)c2ccccc2C1=O)OC. The minimum atomic E-state index is -0.535. The lowest BCUT2D eigenvalue weighted by Crippen LogP contribution is -2.35. The Kier molecular flexibility index (Phi) is 4.54. The zero-order valence-electron chi connectivity index (χ0n) is 11.1. The second kappa shape index (κ2) is 6.17. The number of ether oxygens (including phenoxy) is 2. The third kappa shape index (κ3) is 2.60. The van der Waals surface area contributed by atoms with E-state index in [0.29, 0.717) is 11.1 Å². The van der Waals surface area contributed by atoms with Crippen molar-refractivity contribution >= 4 is 23.2 Å². The van der Waals surface area contributed by atoms with Crippen LogP contribution in [-0.4, -0.2) is 38.6 Å². The van der Waals surface area contributed by atoms with Gasteiger partial charge in [-0.25, -0.2) is 0 Å². The van der Waals surface area contributed by atoms with E-state index in [1.807, 2.05) is 0 Å². The summed E-state index contributed by atoms with van der Waals surface area (Å²) in [4.78, 5) is 24.4. The highest BCUT2D eigenvalue weighted by Gasteiger charge is 2.31. The van der Waals surface area contributed by atoms with Gasteiger partial charge >= 0.3 is 0 Å².